The quantitative estimate of drug-likeness (QED) is 0.255. The van der Waals surface area contributed by atoms with Crippen LogP contribution in [-0.2, 0) is 19.6 Å². The second-order valence-corrected chi connectivity index (χ2v) is 6.70. The molecule has 0 aliphatic rings. The average molecular weight is 404 g/mol. The summed E-state index contributed by atoms with van der Waals surface area (Å²) in [6.45, 7) is 2.16. The normalized spacial score (nSPS) is 10.7. The third-order valence-corrected chi connectivity index (χ3v) is 3.60. The van der Waals surface area contributed by atoms with E-state index in [1.165, 1.54) is 19.3 Å². The van der Waals surface area contributed by atoms with Crippen LogP contribution in [0, 0.1) is 0 Å². The van der Waals surface area contributed by atoms with E-state index in [0.717, 1.165) is 12.8 Å². The van der Waals surface area contributed by atoms with E-state index in [2.05, 4.69) is 6.92 Å². The fraction of sp³-hybridized carbons (Fsp3) is 0.846. The summed E-state index contributed by atoms with van der Waals surface area (Å²) in [4.78, 5) is 19.6. The van der Waals surface area contributed by atoms with Crippen LogP contribution in [0.3, 0.4) is 0 Å². The third kappa shape index (κ3) is 36.4. The molecular formula is C13H27FN2Na2O6S. The van der Waals surface area contributed by atoms with Gasteiger partial charge < -0.3 is 25.5 Å². The number of halogens is 1. The molecule has 0 rings (SSSR count). The molecular weight excluding hydrogens is 377 g/mol. The van der Waals surface area contributed by atoms with Crippen molar-refractivity contribution in [2.24, 2.45) is 10.9 Å². The van der Waals surface area contributed by atoms with Crippen molar-refractivity contribution in [3.05, 3.63) is 0 Å². The van der Waals surface area contributed by atoms with E-state index in [1.807, 2.05) is 0 Å². The number of carbonyl (C=O) groups excluding carboxylic acids is 2. The summed E-state index contributed by atoms with van der Waals surface area (Å²) in [6, 6.07) is -1.21. The van der Waals surface area contributed by atoms with E-state index in [0.29, 0.717) is 6.42 Å². The number of unbranched alkanes of at least 4 members (excludes halogenated alkanes) is 5. The van der Waals surface area contributed by atoms with Gasteiger partial charge in [0.25, 0.3) is 0 Å². The van der Waals surface area contributed by atoms with Gasteiger partial charge in [0, 0.05) is 12.0 Å². The Hall–Kier alpha value is 0.740. The largest absolute Gasteiger partial charge is 1.00 e. The Morgan fingerprint density at radius 1 is 1.00 bits per heavy atom. The maximum atomic E-state index is 10.5. The molecule has 4 N–H and O–H groups in total. The monoisotopic (exact) mass is 404 g/mol. The molecule has 0 aliphatic heterocycles. The van der Waals surface area contributed by atoms with Crippen molar-refractivity contribution in [1.29, 1.82) is 0 Å². The van der Waals surface area contributed by atoms with Crippen molar-refractivity contribution >= 4 is 22.0 Å². The first-order valence-corrected chi connectivity index (χ1v) is 8.98. The van der Waals surface area contributed by atoms with E-state index < -0.39 is 28.0 Å². The number of primary sulfonamides is 1. The van der Waals surface area contributed by atoms with Crippen molar-refractivity contribution in [2.75, 3.05) is 5.75 Å². The van der Waals surface area contributed by atoms with Crippen LogP contribution in [0.15, 0.2) is 0 Å². The molecule has 0 heterocycles. The molecule has 0 saturated carbocycles. The molecule has 0 aliphatic carbocycles. The summed E-state index contributed by atoms with van der Waals surface area (Å²) >= 11 is 0. The van der Waals surface area contributed by atoms with Crippen LogP contribution < -0.4 is 80.2 Å². The summed E-state index contributed by atoms with van der Waals surface area (Å²) in [5.41, 5.74) is 4.91. The molecule has 0 amide bonds. The molecule has 0 spiro atoms. The van der Waals surface area contributed by atoms with Gasteiger partial charge in [-0.25, -0.2) is 13.6 Å². The second-order valence-electron chi connectivity index (χ2n) is 4.97. The first-order chi connectivity index (χ1) is 10.1. The second kappa shape index (κ2) is 22.8. The molecule has 0 aromatic rings. The van der Waals surface area contributed by atoms with Gasteiger partial charge in [0.1, 0.15) is 0 Å². The third-order valence-electron chi connectivity index (χ3n) is 2.74. The van der Waals surface area contributed by atoms with Crippen LogP contribution >= 0.6 is 0 Å². The van der Waals surface area contributed by atoms with Gasteiger partial charge >= 0.3 is 59.1 Å². The topological polar surface area (TPSA) is 166 Å². The molecule has 25 heavy (non-hydrogen) atoms. The number of hydrogen-bond donors (Lipinski definition) is 2. The molecule has 0 radical (unpaired) electrons. The number of carboxylic acids is 2. The predicted molar refractivity (Wildman–Crippen MR) is 81.1 cm³/mol. The van der Waals surface area contributed by atoms with Crippen LogP contribution in [-0.4, -0.2) is 32.2 Å². The first kappa shape index (κ1) is 36.6. The zero-order valence-electron chi connectivity index (χ0n) is 15.4. The number of rotatable bonds is 11. The number of sulfonamides is 1. The van der Waals surface area contributed by atoms with Crippen LogP contribution in [0.25, 0.3) is 0 Å². The number of carboxylic acid groups (broad SMARTS) is 2. The maximum Gasteiger partial charge on any atom is 1.00 e. The summed E-state index contributed by atoms with van der Waals surface area (Å²) < 4.78 is 21.0. The van der Waals surface area contributed by atoms with Crippen molar-refractivity contribution < 1.29 is 92.0 Å². The molecule has 0 aromatic heterocycles. The molecule has 1 unspecified atom stereocenters. The molecule has 0 bridgehead atoms. The Labute approximate surface area is 193 Å². The van der Waals surface area contributed by atoms with E-state index in [4.69, 9.17) is 10.9 Å². The van der Waals surface area contributed by atoms with Gasteiger partial charge in [-0.1, -0.05) is 39.0 Å². The van der Waals surface area contributed by atoms with E-state index in [1.54, 1.807) is 0 Å². The zero-order chi connectivity index (χ0) is 17.6. The maximum absolute atomic E-state index is 10.5. The van der Waals surface area contributed by atoms with Crippen LogP contribution in [0.4, 0.5) is 4.70 Å². The molecule has 0 saturated heterocycles. The Morgan fingerprint density at radius 3 is 1.80 bits per heavy atom. The SMILES string of the molecule is CCCCCCCCS(N)(=O)=O.F.NC(CCC(=O)[O-])C(=O)[O-].[Na+].[Na+]. The number of nitrogens with two attached hydrogens (primary N) is 2. The summed E-state index contributed by atoms with van der Waals surface area (Å²) in [5, 5.41) is 24.5. The van der Waals surface area contributed by atoms with Gasteiger partial charge in [-0.2, -0.15) is 0 Å². The van der Waals surface area contributed by atoms with E-state index in [9.17, 15) is 28.2 Å². The van der Waals surface area contributed by atoms with E-state index in [-0.39, 0.29) is 82.4 Å². The van der Waals surface area contributed by atoms with Gasteiger partial charge in [-0.15, -0.1) is 0 Å². The zero-order valence-corrected chi connectivity index (χ0v) is 20.2. The molecule has 140 valence electrons. The van der Waals surface area contributed by atoms with Gasteiger partial charge in [0.05, 0.1) is 11.7 Å². The predicted octanol–water partition coefficient (Wildman–Crippen LogP) is -7.61. The summed E-state index contributed by atoms with van der Waals surface area (Å²) in [5.74, 6) is -2.61. The molecule has 12 heteroatoms. The number of carbonyl (C=O) groups is 2. The van der Waals surface area contributed by atoms with Gasteiger partial charge in [0.15, 0.2) is 0 Å². The minimum atomic E-state index is -3.22. The van der Waals surface area contributed by atoms with Crippen molar-refractivity contribution in [2.45, 2.75) is 64.3 Å². The Bertz CT molecular complexity index is 427. The van der Waals surface area contributed by atoms with Crippen LogP contribution in [0.5, 0.6) is 0 Å². The first-order valence-electron chi connectivity index (χ1n) is 7.27. The Kier molecular flexibility index (Phi) is 33.4. The smallest absolute Gasteiger partial charge is 0.550 e. The Morgan fingerprint density at radius 2 is 1.44 bits per heavy atom. The minimum Gasteiger partial charge on any atom is -0.550 e. The summed E-state index contributed by atoms with van der Waals surface area (Å²) in [6.07, 6.45) is 5.99. The van der Waals surface area contributed by atoms with Crippen LogP contribution in [0.1, 0.15) is 58.3 Å². The summed E-state index contributed by atoms with van der Waals surface area (Å²) in [7, 11) is -3.22. The molecule has 1 atom stereocenters. The van der Waals surface area contributed by atoms with Gasteiger partial charge in [0.2, 0.25) is 10.0 Å². The van der Waals surface area contributed by atoms with Crippen LogP contribution in [0.2, 0.25) is 0 Å². The fourth-order valence-electron chi connectivity index (χ4n) is 1.47. The molecule has 0 aromatic carbocycles. The van der Waals surface area contributed by atoms with Crippen molar-refractivity contribution in [3.63, 3.8) is 0 Å². The van der Waals surface area contributed by atoms with Crippen molar-refractivity contribution in [1.82, 2.24) is 0 Å². The number of aliphatic carboxylic acids is 2. The molecule has 0 fully saturated rings. The fourth-order valence-corrected chi connectivity index (χ4v) is 2.08. The molecule has 8 nitrogen and oxygen atoms in total. The standard InChI is InChI=1S/C8H19NO2S.C5H9NO4.FH.2Na/c1-2-3-4-5-6-7-8-12(9,10)11;6-3(5(9)10)1-2-4(7)8;;;/h2-8H2,1H3,(H2,9,10,11);3H,1-2,6H2,(H,7,8)(H,9,10);1H;;/q;;;2*+1/p-2. The Balaban J connectivity index is -0.0000000964. The van der Waals surface area contributed by atoms with Gasteiger partial charge in [-0.05, 0) is 19.3 Å². The van der Waals surface area contributed by atoms with E-state index >= 15 is 0 Å². The average Bonchev–Trinajstić information content (AvgIpc) is 2.39. The number of hydrogen-bond acceptors (Lipinski definition) is 7. The minimum absolute atomic E-state index is 0. The van der Waals surface area contributed by atoms with Gasteiger partial charge in [-0.3, -0.25) is 4.70 Å². The van der Waals surface area contributed by atoms with Crippen molar-refractivity contribution in [3.8, 4) is 0 Å².